The number of anilines is 2. The Hall–Kier alpha value is -0.830. The van der Waals surface area contributed by atoms with Crippen LogP contribution < -0.4 is 10.6 Å². The first-order chi connectivity index (χ1) is 5.24. The molecule has 1 rings (SSSR count). The fourth-order valence-electron chi connectivity index (χ4n) is 0.810. The third-order valence-corrected chi connectivity index (χ3v) is 1.97. The maximum Gasteiger partial charge on any atom is 0.0606 e. The molecule has 0 aliphatic heterocycles. The summed E-state index contributed by atoms with van der Waals surface area (Å²) in [5, 5.41) is 0. The van der Waals surface area contributed by atoms with Crippen molar-refractivity contribution in [3.05, 3.63) is 24.3 Å². The minimum atomic E-state index is 0.712. The van der Waals surface area contributed by atoms with E-state index < -0.39 is 0 Å². The Morgan fingerprint density at radius 2 is 1.91 bits per heavy atom. The van der Waals surface area contributed by atoms with Crippen molar-refractivity contribution in [2.75, 3.05) is 23.6 Å². The van der Waals surface area contributed by atoms with E-state index in [0.29, 0.717) is 5.88 Å². The quantitative estimate of drug-likeness (QED) is 0.399. The number of nitrogens with two attached hydrogens (primary N) is 1. The Balaban J connectivity index is 2.81. The summed E-state index contributed by atoms with van der Waals surface area (Å²) >= 11 is 4.15. The zero-order valence-electron chi connectivity index (χ0n) is 6.49. The van der Waals surface area contributed by atoms with Crippen molar-refractivity contribution in [3.63, 3.8) is 0 Å². The van der Waals surface area contributed by atoms with Crippen LogP contribution >= 0.6 is 12.6 Å². The smallest absolute Gasteiger partial charge is 0.0606 e. The van der Waals surface area contributed by atoms with Gasteiger partial charge in [0.1, 0.15) is 0 Å². The molecule has 0 aliphatic rings. The van der Waals surface area contributed by atoms with Gasteiger partial charge in [-0.25, -0.2) is 0 Å². The zero-order chi connectivity index (χ0) is 8.27. The Labute approximate surface area is 72.4 Å². The summed E-state index contributed by atoms with van der Waals surface area (Å²) in [6, 6.07) is 7.72. The number of hydrogen-bond donors (Lipinski definition) is 2. The molecule has 60 valence electrons. The van der Waals surface area contributed by atoms with Crippen molar-refractivity contribution in [3.8, 4) is 0 Å². The zero-order valence-corrected chi connectivity index (χ0v) is 7.38. The largest absolute Gasteiger partial charge is 0.399 e. The van der Waals surface area contributed by atoms with Crippen molar-refractivity contribution < 1.29 is 0 Å². The van der Waals surface area contributed by atoms with Gasteiger partial charge >= 0.3 is 0 Å². The topological polar surface area (TPSA) is 29.3 Å². The van der Waals surface area contributed by atoms with Crippen molar-refractivity contribution in [1.29, 1.82) is 0 Å². The number of nitrogen functional groups attached to an aromatic ring is 1. The fraction of sp³-hybridized carbons (Fsp3) is 0.250. The second-order valence-corrected chi connectivity index (χ2v) is 2.71. The summed E-state index contributed by atoms with van der Waals surface area (Å²) in [5.74, 6) is 0.712. The Bertz CT molecular complexity index is 220. The molecule has 0 bridgehead atoms. The average Bonchev–Trinajstić information content (AvgIpc) is 2.05. The Kier molecular flexibility index (Phi) is 2.65. The lowest BCUT2D eigenvalue weighted by Gasteiger charge is -2.15. The molecule has 11 heavy (non-hydrogen) atoms. The SMILES string of the molecule is CN(CS)c1ccc(N)cc1. The number of nitrogens with zero attached hydrogens (tertiary/aromatic N) is 1. The highest BCUT2D eigenvalue weighted by molar-refractivity contribution is 7.80. The predicted molar refractivity (Wildman–Crippen MR) is 53.1 cm³/mol. The van der Waals surface area contributed by atoms with Crippen LogP contribution in [0, 0.1) is 0 Å². The first-order valence-electron chi connectivity index (χ1n) is 3.41. The molecule has 1 aromatic carbocycles. The van der Waals surface area contributed by atoms with E-state index in [9.17, 15) is 0 Å². The van der Waals surface area contributed by atoms with Gasteiger partial charge in [0.25, 0.3) is 0 Å². The van der Waals surface area contributed by atoms with Gasteiger partial charge < -0.3 is 10.6 Å². The molecule has 1 aromatic rings. The standard InChI is InChI=1S/C8H12N2S/c1-10(6-11)8-4-2-7(9)3-5-8/h2-5,11H,6,9H2,1H3. The van der Waals surface area contributed by atoms with E-state index in [1.165, 1.54) is 0 Å². The van der Waals surface area contributed by atoms with Crippen LogP contribution in [0.2, 0.25) is 0 Å². The molecule has 3 heteroatoms. The van der Waals surface area contributed by atoms with Crippen LogP contribution in [0.1, 0.15) is 0 Å². The van der Waals surface area contributed by atoms with E-state index in [2.05, 4.69) is 12.6 Å². The van der Waals surface area contributed by atoms with E-state index >= 15 is 0 Å². The van der Waals surface area contributed by atoms with Crippen LogP contribution in [0.25, 0.3) is 0 Å². The maximum absolute atomic E-state index is 5.53. The molecule has 0 radical (unpaired) electrons. The van der Waals surface area contributed by atoms with Crippen molar-refractivity contribution in [1.82, 2.24) is 0 Å². The first-order valence-corrected chi connectivity index (χ1v) is 4.05. The summed E-state index contributed by atoms with van der Waals surface area (Å²) in [6.07, 6.45) is 0. The molecular formula is C8H12N2S. The van der Waals surface area contributed by atoms with Gasteiger partial charge in [-0.1, -0.05) is 0 Å². The van der Waals surface area contributed by atoms with Gasteiger partial charge in [0.15, 0.2) is 0 Å². The predicted octanol–water partition coefficient (Wildman–Crippen LogP) is 1.59. The van der Waals surface area contributed by atoms with Gasteiger partial charge in [0.05, 0.1) is 5.88 Å². The molecule has 0 heterocycles. The van der Waals surface area contributed by atoms with Gasteiger partial charge in [-0.3, -0.25) is 0 Å². The molecule has 0 amide bonds. The molecule has 2 nitrogen and oxygen atoms in total. The summed E-state index contributed by atoms with van der Waals surface area (Å²) in [6.45, 7) is 0. The van der Waals surface area contributed by atoms with Gasteiger partial charge in [0.2, 0.25) is 0 Å². The van der Waals surface area contributed by atoms with Gasteiger partial charge in [-0.15, -0.1) is 0 Å². The van der Waals surface area contributed by atoms with Crippen molar-refractivity contribution in [2.45, 2.75) is 0 Å². The van der Waals surface area contributed by atoms with Crippen LogP contribution in [-0.2, 0) is 0 Å². The highest BCUT2D eigenvalue weighted by Gasteiger charge is 1.95. The second-order valence-electron chi connectivity index (χ2n) is 2.43. The molecule has 0 fully saturated rings. The molecule has 2 N–H and O–H groups in total. The molecule has 0 saturated carbocycles. The number of benzene rings is 1. The normalized spacial score (nSPS) is 9.64. The van der Waals surface area contributed by atoms with Crippen LogP contribution in [-0.4, -0.2) is 12.9 Å². The fourth-order valence-corrected chi connectivity index (χ4v) is 0.974. The highest BCUT2D eigenvalue weighted by atomic mass is 32.1. The van der Waals surface area contributed by atoms with E-state index in [1.807, 2.05) is 36.2 Å². The van der Waals surface area contributed by atoms with Crippen LogP contribution in [0.5, 0.6) is 0 Å². The van der Waals surface area contributed by atoms with Crippen LogP contribution in [0.4, 0.5) is 11.4 Å². The second kappa shape index (κ2) is 3.53. The molecular weight excluding hydrogens is 156 g/mol. The number of thiol groups is 1. The lowest BCUT2D eigenvalue weighted by Crippen LogP contribution is -2.13. The lowest BCUT2D eigenvalue weighted by atomic mass is 10.3. The number of rotatable bonds is 2. The van der Waals surface area contributed by atoms with Gasteiger partial charge in [-0.05, 0) is 24.3 Å². The maximum atomic E-state index is 5.53. The number of hydrogen-bond acceptors (Lipinski definition) is 3. The van der Waals surface area contributed by atoms with Crippen molar-refractivity contribution >= 4 is 24.0 Å². The van der Waals surface area contributed by atoms with Gasteiger partial charge in [-0.2, -0.15) is 12.6 Å². The van der Waals surface area contributed by atoms with Crippen molar-refractivity contribution in [2.24, 2.45) is 0 Å². The molecule has 0 aliphatic carbocycles. The Morgan fingerprint density at radius 1 is 1.36 bits per heavy atom. The third-order valence-electron chi connectivity index (χ3n) is 1.55. The summed E-state index contributed by atoms with van der Waals surface area (Å²) in [4.78, 5) is 2.03. The van der Waals surface area contributed by atoms with Crippen LogP contribution in [0.15, 0.2) is 24.3 Å². The van der Waals surface area contributed by atoms with E-state index in [4.69, 9.17) is 5.73 Å². The van der Waals surface area contributed by atoms with E-state index in [1.54, 1.807) is 0 Å². The monoisotopic (exact) mass is 168 g/mol. The molecule has 0 saturated heterocycles. The minimum Gasteiger partial charge on any atom is -0.399 e. The summed E-state index contributed by atoms with van der Waals surface area (Å²) in [5.41, 5.74) is 7.46. The molecule has 0 spiro atoms. The van der Waals surface area contributed by atoms with E-state index in [0.717, 1.165) is 11.4 Å². The minimum absolute atomic E-state index is 0.712. The average molecular weight is 168 g/mol. The van der Waals surface area contributed by atoms with E-state index in [-0.39, 0.29) is 0 Å². The molecule has 0 aromatic heterocycles. The highest BCUT2D eigenvalue weighted by Crippen LogP contribution is 2.14. The first kappa shape index (κ1) is 8.27. The summed E-state index contributed by atoms with van der Waals surface area (Å²) in [7, 11) is 1.98. The lowest BCUT2D eigenvalue weighted by molar-refractivity contribution is 1.10. The third kappa shape index (κ3) is 2.05. The van der Waals surface area contributed by atoms with Gasteiger partial charge in [0, 0.05) is 18.4 Å². The molecule has 0 unspecified atom stereocenters. The molecule has 0 atom stereocenters. The Morgan fingerprint density at radius 3 is 2.36 bits per heavy atom. The van der Waals surface area contributed by atoms with Crippen LogP contribution in [0.3, 0.4) is 0 Å². The summed E-state index contributed by atoms with van der Waals surface area (Å²) < 4.78 is 0.